The molecule has 1 aliphatic carbocycles. The van der Waals surface area contributed by atoms with Crippen molar-refractivity contribution in [3.63, 3.8) is 0 Å². The van der Waals surface area contributed by atoms with E-state index in [2.05, 4.69) is 5.32 Å². The molecule has 2 heterocycles. The molecule has 1 N–H and O–H groups in total. The number of carbonyl (C=O) groups excluding carboxylic acids is 2. The van der Waals surface area contributed by atoms with Crippen molar-refractivity contribution in [3.8, 4) is 5.75 Å². The van der Waals surface area contributed by atoms with Crippen LogP contribution in [-0.4, -0.2) is 48.6 Å². The molecule has 27 heavy (non-hydrogen) atoms. The molecule has 0 radical (unpaired) electrons. The second-order valence-corrected chi connectivity index (χ2v) is 7.85. The second-order valence-electron chi connectivity index (χ2n) is 7.85. The van der Waals surface area contributed by atoms with E-state index in [0.29, 0.717) is 25.6 Å². The van der Waals surface area contributed by atoms with Crippen LogP contribution < -0.4 is 10.1 Å². The predicted octanol–water partition coefficient (Wildman–Crippen LogP) is 2.97. The van der Waals surface area contributed by atoms with E-state index in [4.69, 9.17) is 9.47 Å². The summed E-state index contributed by atoms with van der Waals surface area (Å²) in [5.74, 6) is 0.567. The zero-order valence-electron chi connectivity index (χ0n) is 15.7. The number of hydrogen-bond acceptors (Lipinski definition) is 4. The third kappa shape index (κ3) is 4.43. The Morgan fingerprint density at radius 3 is 2.63 bits per heavy atom. The minimum atomic E-state index is -0.256. The molecule has 2 aliphatic heterocycles. The maximum Gasteiger partial charge on any atom is 0.229 e. The number of nitrogens with zero attached hydrogens (tertiary/aromatic N) is 1. The second kappa shape index (κ2) is 8.30. The molecular formula is C21H28N2O4. The molecule has 4 rings (SSSR count). The van der Waals surface area contributed by atoms with E-state index in [-0.39, 0.29) is 23.8 Å². The number of benzene rings is 1. The molecule has 3 aliphatic rings. The predicted molar refractivity (Wildman–Crippen MR) is 102 cm³/mol. The summed E-state index contributed by atoms with van der Waals surface area (Å²) in [5, 5.41) is 2.94. The molecule has 1 aromatic rings. The average molecular weight is 372 g/mol. The van der Waals surface area contributed by atoms with E-state index in [0.717, 1.165) is 43.7 Å². The first-order valence-corrected chi connectivity index (χ1v) is 10.1. The molecule has 1 aromatic carbocycles. The van der Waals surface area contributed by atoms with E-state index in [1.165, 1.54) is 12.8 Å². The lowest BCUT2D eigenvalue weighted by Crippen LogP contribution is -2.35. The third-order valence-electron chi connectivity index (χ3n) is 5.88. The maximum absolute atomic E-state index is 12.6. The molecular weight excluding hydrogens is 344 g/mol. The Morgan fingerprint density at radius 2 is 1.93 bits per heavy atom. The van der Waals surface area contributed by atoms with E-state index in [9.17, 15) is 9.59 Å². The fourth-order valence-corrected chi connectivity index (χ4v) is 4.32. The summed E-state index contributed by atoms with van der Waals surface area (Å²) in [6.45, 7) is 1.94. The molecule has 2 amide bonds. The number of hydrogen-bond donors (Lipinski definition) is 1. The number of ether oxygens (including phenoxy) is 2. The van der Waals surface area contributed by atoms with Gasteiger partial charge >= 0.3 is 0 Å². The number of rotatable bonds is 6. The number of amides is 2. The molecule has 0 spiro atoms. The van der Waals surface area contributed by atoms with E-state index in [1.807, 2.05) is 29.2 Å². The first-order chi connectivity index (χ1) is 13.2. The Bertz CT molecular complexity index is 663. The zero-order valence-corrected chi connectivity index (χ0v) is 15.7. The number of anilines is 1. The van der Waals surface area contributed by atoms with Gasteiger partial charge in [0.1, 0.15) is 12.4 Å². The van der Waals surface area contributed by atoms with Crippen molar-refractivity contribution < 1.29 is 19.1 Å². The average Bonchev–Trinajstić information content (AvgIpc) is 3.43. The summed E-state index contributed by atoms with van der Waals surface area (Å²) in [5.41, 5.74) is 0.733. The van der Waals surface area contributed by atoms with Crippen molar-refractivity contribution in [1.29, 1.82) is 0 Å². The SMILES string of the molecule is O=C(Nc1ccc(OC[C@@H]2CCCO2)cc1)[C@H]1CC(=O)N(C2CCCC2)C1. The number of nitrogens with one attached hydrogen (secondary N) is 1. The molecule has 3 fully saturated rings. The molecule has 2 saturated heterocycles. The van der Waals surface area contributed by atoms with Gasteiger partial charge in [-0.1, -0.05) is 12.8 Å². The minimum Gasteiger partial charge on any atom is -0.491 e. The standard InChI is InChI=1S/C21H28N2O4/c24-20-12-15(13-23(20)17-4-1-2-5-17)21(25)22-16-7-9-18(10-8-16)27-14-19-6-3-11-26-19/h7-10,15,17,19H,1-6,11-14H2,(H,22,25)/t15-,19-/m0/s1. The molecule has 146 valence electrons. The Kier molecular flexibility index (Phi) is 5.62. The first-order valence-electron chi connectivity index (χ1n) is 10.1. The third-order valence-corrected chi connectivity index (χ3v) is 5.88. The van der Waals surface area contributed by atoms with Crippen molar-refractivity contribution in [3.05, 3.63) is 24.3 Å². The summed E-state index contributed by atoms with van der Waals surface area (Å²) < 4.78 is 11.3. The van der Waals surface area contributed by atoms with Crippen LogP contribution in [0.25, 0.3) is 0 Å². The maximum atomic E-state index is 12.6. The Morgan fingerprint density at radius 1 is 1.15 bits per heavy atom. The van der Waals surface area contributed by atoms with Gasteiger partial charge in [0.2, 0.25) is 11.8 Å². The highest BCUT2D eigenvalue weighted by molar-refractivity contribution is 5.97. The van der Waals surface area contributed by atoms with Gasteiger partial charge in [-0.05, 0) is 49.9 Å². The van der Waals surface area contributed by atoms with Gasteiger partial charge in [0.25, 0.3) is 0 Å². The summed E-state index contributed by atoms with van der Waals surface area (Å²) in [4.78, 5) is 26.8. The molecule has 2 atom stereocenters. The fourth-order valence-electron chi connectivity index (χ4n) is 4.32. The van der Waals surface area contributed by atoms with Gasteiger partial charge < -0.3 is 19.7 Å². The Labute approximate surface area is 160 Å². The number of likely N-dealkylation sites (tertiary alicyclic amines) is 1. The van der Waals surface area contributed by atoms with Crippen LogP contribution in [0, 0.1) is 5.92 Å². The van der Waals surface area contributed by atoms with Crippen molar-refractivity contribution in [2.75, 3.05) is 25.1 Å². The van der Waals surface area contributed by atoms with Gasteiger partial charge in [0.05, 0.1) is 12.0 Å². The molecule has 0 unspecified atom stereocenters. The largest absolute Gasteiger partial charge is 0.491 e. The molecule has 6 nitrogen and oxygen atoms in total. The van der Waals surface area contributed by atoms with Gasteiger partial charge in [0.15, 0.2) is 0 Å². The van der Waals surface area contributed by atoms with Gasteiger partial charge in [-0.2, -0.15) is 0 Å². The van der Waals surface area contributed by atoms with Crippen molar-refractivity contribution >= 4 is 17.5 Å². The van der Waals surface area contributed by atoms with Crippen LogP contribution in [0.15, 0.2) is 24.3 Å². The number of carbonyl (C=O) groups is 2. The van der Waals surface area contributed by atoms with Gasteiger partial charge in [-0.15, -0.1) is 0 Å². The normalized spacial score (nSPS) is 25.9. The molecule has 6 heteroatoms. The zero-order chi connectivity index (χ0) is 18.6. The van der Waals surface area contributed by atoms with Crippen LogP contribution in [0.2, 0.25) is 0 Å². The van der Waals surface area contributed by atoms with Crippen LogP contribution in [0.4, 0.5) is 5.69 Å². The summed E-state index contributed by atoms with van der Waals surface area (Å²) in [7, 11) is 0. The topological polar surface area (TPSA) is 67.9 Å². The van der Waals surface area contributed by atoms with Crippen molar-refractivity contribution in [2.45, 2.75) is 57.1 Å². The summed E-state index contributed by atoms with van der Waals surface area (Å²) >= 11 is 0. The lowest BCUT2D eigenvalue weighted by atomic mass is 10.1. The van der Waals surface area contributed by atoms with Gasteiger partial charge in [-0.3, -0.25) is 9.59 Å². The Balaban J connectivity index is 1.27. The smallest absolute Gasteiger partial charge is 0.229 e. The highest BCUT2D eigenvalue weighted by atomic mass is 16.5. The van der Waals surface area contributed by atoms with Crippen molar-refractivity contribution in [1.82, 2.24) is 4.90 Å². The highest BCUT2D eigenvalue weighted by Crippen LogP contribution is 2.30. The monoisotopic (exact) mass is 372 g/mol. The van der Waals surface area contributed by atoms with Gasteiger partial charge in [0, 0.05) is 31.3 Å². The van der Waals surface area contributed by atoms with E-state index in [1.54, 1.807) is 0 Å². The first kappa shape index (κ1) is 18.3. The van der Waals surface area contributed by atoms with Crippen LogP contribution in [0.3, 0.4) is 0 Å². The highest BCUT2D eigenvalue weighted by Gasteiger charge is 2.38. The van der Waals surface area contributed by atoms with Crippen LogP contribution in [0.5, 0.6) is 5.75 Å². The molecule has 0 bridgehead atoms. The minimum absolute atomic E-state index is 0.0723. The molecule has 0 aromatic heterocycles. The summed E-state index contributed by atoms with van der Waals surface area (Å²) in [6, 6.07) is 7.74. The van der Waals surface area contributed by atoms with E-state index < -0.39 is 0 Å². The van der Waals surface area contributed by atoms with Gasteiger partial charge in [-0.25, -0.2) is 0 Å². The summed E-state index contributed by atoms with van der Waals surface area (Å²) in [6.07, 6.45) is 7.19. The molecule has 1 saturated carbocycles. The fraction of sp³-hybridized carbons (Fsp3) is 0.619. The van der Waals surface area contributed by atoms with Crippen molar-refractivity contribution in [2.24, 2.45) is 5.92 Å². The lowest BCUT2D eigenvalue weighted by Gasteiger charge is -2.23. The van der Waals surface area contributed by atoms with Crippen LogP contribution in [0.1, 0.15) is 44.9 Å². The van der Waals surface area contributed by atoms with Crippen LogP contribution in [-0.2, 0) is 14.3 Å². The Hall–Kier alpha value is -2.08. The van der Waals surface area contributed by atoms with Crippen LogP contribution >= 0.6 is 0 Å². The van der Waals surface area contributed by atoms with E-state index >= 15 is 0 Å². The quantitative estimate of drug-likeness (QED) is 0.834. The lowest BCUT2D eigenvalue weighted by molar-refractivity contribution is -0.129.